The Bertz CT molecular complexity index is 180. The first-order valence-corrected chi connectivity index (χ1v) is 4.69. The van der Waals surface area contributed by atoms with E-state index < -0.39 is 6.04 Å². The minimum Gasteiger partial charge on any atom is -0.456 e. The third-order valence-corrected chi connectivity index (χ3v) is 2.42. The second kappa shape index (κ2) is 4.58. The highest BCUT2D eigenvalue weighted by molar-refractivity contribution is 5.76. The summed E-state index contributed by atoms with van der Waals surface area (Å²) < 4.78 is 9.97. The number of hydrogen-bond acceptors (Lipinski definition) is 4. The summed E-state index contributed by atoms with van der Waals surface area (Å²) in [5.74, 6) is -0.129. The minimum absolute atomic E-state index is 0.0670. The molecule has 2 N–H and O–H groups in total. The summed E-state index contributed by atoms with van der Waals surface area (Å²) in [5.41, 5.74) is 5.68. The molecule has 1 aliphatic rings. The van der Waals surface area contributed by atoms with Crippen molar-refractivity contribution in [3.05, 3.63) is 0 Å². The lowest BCUT2D eigenvalue weighted by atomic mass is 10.0. The molecular formula is C9H17NO3. The van der Waals surface area contributed by atoms with Gasteiger partial charge in [0, 0.05) is 0 Å². The van der Waals surface area contributed by atoms with Crippen molar-refractivity contribution in [3.63, 3.8) is 0 Å². The Labute approximate surface area is 78.4 Å². The number of nitrogens with two attached hydrogens (primary N) is 1. The van der Waals surface area contributed by atoms with E-state index in [0.29, 0.717) is 13.2 Å². The normalized spacial score (nSPS) is 21.8. The van der Waals surface area contributed by atoms with Crippen LogP contribution in [-0.4, -0.2) is 31.3 Å². The standard InChI is InChI=1S/C9H17NO3/c1-3-6(2)8(10)9(11)13-7-4-12-5-7/h6-8H,3-5,10H2,1-2H3. The van der Waals surface area contributed by atoms with E-state index in [1.54, 1.807) is 0 Å². The van der Waals surface area contributed by atoms with Crippen molar-refractivity contribution < 1.29 is 14.3 Å². The predicted molar refractivity (Wildman–Crippen MR) is 48.1 cm³/mol. The number of carbonyl (C=O) groups excluding carboxylic acids is 1. The molecule has 13 heavy (non-hydrogen) atoms. The Hall–Kier alpha value is -0.610. The van der Waals surface area contributed by atoms with Gasteiger partial charge in [-0.2, -0.15) is 0 Å². The zero-order valence-electron chi connectivity index (χ0n) is 8.16. The summed E-state index contributed by atoms with van der Waals surface area (Å²) in [4.78, 5) is 11.3. The predicted octanol–water partition coefficient (Wildman–Crippen LogP) is 0.302. The van der Waals surface area contributed by atoms with Crippen molar-refractivity contribution in [2.45, 2.75) is 32.4 Å². The number of rotatable bonds is 4. The summed E-state index contributed by atoms with van der Waals surface area (Å²) in [7, 11) is 0. The van der Waals surface area contributed by atoms with Gasteiger partial charge in [-0.3, -0.25) is 4.79 Å². The smallest absolute Gasteiger partial charge is 0.323 e. The molecule has 76 valence electrons. The zero-order chi connectivity index (χ0) is 9.84. The summed E-state index contributed by atoms with van der Waals surface area (Å²) in [6.07, 6.45) is 0.819. The minimum atomic E-state index is -0.495. The first-order valence-electron chi connectivity index (χ1n) is 4.69. The molecular weight excluding hydrogens is 170 g/mol. The molecule has 0 aliphatic carbocycles. The van der Waals surface area contributed by atoms with Gasteiger partial charge in [0.15, 0.2) is 0 Å². The van der Waals surface area contributed by atoms with Gasteiger partial charge in [0.2, 0.25) is 0 Å². The van der Waals surface area contributed by atoms with Crippen LogP contribution in [0.2, 0.25) is 0 Å². The molecule has 0 spiro atoms. The Morgan fingerprint density at radius 1 is 1.69 bits per heavy atom. The maximum Gasteiger partial charge on any atom is 0.323 e. The SMILES string of the molecule is CCC(C)C(N)C(=O)OC1COC1. The average Bonchev–Trinajstić information content (AvgIpc) is 2.08. The maximum absolute atomic E-state index is 11.3. The van der Waals surface area contributed by atoms with Gasteiger partial charge in [-0.1, -0.05) is 20.3 Å². The molecule has 0 saturated carbocycles. The van der Waals surface area contributed by atoms with Gasteiger partial charge in [-0.25, -0.2) is 0 Å². The third-order valence-electron chi connectivity index (χ3n) is 2.42. The van der Waals surface area contributed by atoms with E-state index in [1.165, 1.54) is 0 Å². The summed E-state index contributed by atoms with van der Waals surface area (Å²) in [5, 5.41) is 0. The van der Waals surface area contributed by atoms with Crippen molar-refractivity contribution >= 4 is 5.97 Å². The highest BCUT2D eigenvalue weighted by Gasteiger charge is 2.27. The van der Waals surface area contributed by atoms with Crippen LogP contribution < -0.4 is 5.73 Å². The lowest BCUT2D eigenvalue weighted by Gasteiger charge is -2.27. The van der Waals surface area contributed by atoms with Crippen LogP contribution in [0.1, 0.15) is 20.3 Å². The molecule has 1 saturated heterocycles. The number of ether oxygens (including phenoxy) is 2. The van der Waals surface area contributed by atoms with Crippen molar-refractivity contribution in [2.24, 2.45) is 11.7 Å². The lowest BCUT2D eigenvalue weighted by Crippen LogP contribution is -2.45. The Morgan fingerprint density at radius 3 is 2.69 bits per heavy atom. The molecule has 1 heterocycles. The first kappa shape index (κ1) is 10.5. The molecule has 0 bridgehead atoms. The Morgan fingerprint density at radius 2 is 2.31 bits per heavy atom. The van der Waals surface area contributed by atoms with Crippen LogP contribution in [0.25, 0.3) is 0 Å². The quantitative estimate of drug-likeness (QED) is 0.643. The van der Waals surface area contributed by atoms with Crippen LogP contribution >= 0.6 is 0 Å². The van der Waals surface area contributed by atoms with E-state index in [-0.39, 0.29) is 18.0 Å². The highest BCUT2D eigenvalue weighted by atomic mass is 16.6. The average molecular weight is 187 g/mol. The number of carbonyl (C=O) groups is 1. The first-order chi connectivity index (χ1) is 6.15. The van der Waals surface area contributed by atoms with Gasteiger partial charge in [-0.05, 0) is 5.92 Å². The molecule has 0 radical (unpaired) electrons. The van der Waals surface area contributed by atoms with Gasteiger partial charge >= 0.3 is 5.97 Å². The number of esters is 1. The Balaban J connectivity index is 2.28. The van der Waals surface area contributed by atoms with Gasteiger partial charge in [0.1, 0.15) is 12.1 Å². The monoisotopic (exact) mass is 187 g/mol. The maximum atomic E-state index is 11.3. The largest absolute Gasteiger partial charge is 0.456 e. The van der Waals surface area contributed by atoms with Crippen LogP contribution in [0.4, 0.5) is 0 Å². The molecule has 0 amide bonds. The molecule has 2 unspecified atom stereocenters. The van der Waals surface area contributed by atoms with E-state index in [0.717, 1.165) is 6.42 Å². The van der Waals surface area contributed by atoms with Crippen LogP contribution in [0.5, 0.6) is 0 Å². The van der Waals surface area contributed by atoms with Gasteiger partial charge < -0.3 is 15.2 Å². The fourth-order valence-corrected chi connectivity index (χ4v) is 1.01. The molecule has 1 rings (SSSR count). The van der Waals surface area contributed by atoms with E-state index in [4.69, 9.17) is 15.2 Å². The second-order valence-electron chi connectivity index (χ2n) is 3.51. The van der Waals surface area contributed by atoms with E-state index in [1.807, 2.05) is 13.8 Å². The van der Waals surface area contributed by atoms with Crippen molar-refractivity contribution in [2.75, 3.05) is 13.2 Å². The van der Waals surface area contributed by atoms with Gasteiger partial charge in [0.25, 0.3) is 0 Å². The lowest BCUT2D eigenvalue weighted by molar-refractivity contribution is -0.174. The third kappa shape index (κ3) is 2.67. The summed E-state index contributed by atoms with van der Waals surface area (Å²) >= 11 is 0. The number of hydrogen-bond donors (Lipinski definition) is 1. The Kier molecular flexibility index (Phi) is 3.69. The molecule has 2 atom stereocenters. The van der Waals surface area contributed by atoms with Gasteiger partial charge in [-0.15, -0.1) is 0 Å². The molecule has 0 aromatic carbocycles. The van der Waals surface area contributed by atoms with Crippen LogP contribution in [0.15, 0.2) is 0 Å². The van der Waals surface area contributed by atoms with Crippen LogP contribution in [-0.2, 0) is 14.3 Å². The fourth-order valence-electron chi connectivity index (χ4n) is 1.01. The van der Waals surface area contributed by atoms with E-state index in [9.17, 15) is 4.79 Å². The fraction of sp³-hybridized carbons (Fsp3) is 0.889. The van der Waals surface area contributed by atoms with Crippen LogP contribution in [0, 0.1) is 5.92 Å². The van der Waals surface area contributed by atoms with Crippen molar-refractivity contribution in [3.8, 4) is 0 Å². The van der Waals surface area contributed by atoms with Crippen molar-refractivity contribution in [1.29, 1.82) is 0 Å². The topological polar surface area (TPSA) is 61.6 Å². The highest BCUT2D eigenvalue weighted by Crippen LogP contribution is 2.11. The van der Waals surface area contributed by atoms with Gasteiger partial charge in [0.05, 0.1) is 13.2 Å². The molecule has 0 aromatic rings. The molecule has 4 heteroatoms. The van der Waals surface area contributed by atoms with E-state index >= 15 is 0 Å². The molecule has 4 nitrogen and oxygen atoms in total. The summed E-state index contributed by atoms with van der Waals surface area (Å²) in [6, 6.07) is -0.495. The van der Waals surface area contributed by atoms with Crippen molar-refractivity contribution in [1.82, 2.24) is 0 Å². The molecule has 1 fully saturated rings. The van der Waals surface area contributed by atoms with Crippen LogP contribution in [0.3, 0.4) is 0 Å². The second-order valence-corrected chi connectivity index (χ2v) is 3.51. The van der Waals surface area contributed by atoms with E-state index in [2.05, 4.69) is 0 Å². The molecule has 0 aromatic heterocycles. The molecule has 1 aliphatic heterocycles. The summed E-state index contributed by atoms with van der Waals surface area (Å²) in [6.45, 7) is 4.98. The zero-order valence-corrected chi connectivity index (χ0v) is 8.16.